The lowest BCUT2D eigenvalue weighted by atomic mass is 10.2. The highest BCUT2D eigenvalue weighted by atomic mass is 35.5. The van der Waals surface area contributed by atoms with Gasteiger partial charge < -0.3 is 15.1 Å². The second-order valence-electron chi connectivity index (χ2n) is 4.80. The Morgan fingerprint density at radius 2 is 1.91 bits per heavy atom. The van der Waals surface area contributed by atoms with Gasteiger partial charge in [0.25, 0.3) is 0 Å². The predicted octanol–water partition coefficient (Wildman–Crippen LogP) is 4.48. The van der Waals surface area contributed by atoms with E-state index < -0.39 is 0 Å². The third-order valence-corrected chi connectivity index (χ3v) is 3.58. The summed E-state index contributed by atoms with van der Waals surface area (Å²) in [5.74, 6) is 2.27. The second-order valence-corrected chi connectivity index (χ2v) is 5.65. The first-order valence-corrected chi connectivity index (χ1v) is 7.80. The molecule has 0 spiro atoms. The van der Waals surface area contributed by atoms with Gasteiger partial charge in [0.2, 0.25) is 0 Å². The molecule has 2 heterocycles. The van der Waals surface area contributed by atoms with Gasteiger partial charge in [-0.25, -0.2) is 4.98 Å². The average Bonchev–Trinajstić information content (AvgIpc) is 3.05. The number of nitrogens with one attached hydrogen (secondary N) is 2. The third kappa shape index (κ3) is 4.31. The summed E-state index contributed by atoms with van der Waals surface area (Å²) in [7, 11) is 0. The smallest absolute Gasteiger partial charge is 0.172 e. The summed E-state index contributed by atoms with van der Waals surface area (Å²) >= 11 is 11.0. The summed E-state index contributed by atoms with van der Waals surface area (Å²) < 4.78 is 5.80. The molecule has 116 valence electrons. The summed E-state index contributed by atoms with van der Waals surface area (Å²) in [5, 5.41) is 7.12. The van der Waals surface area contributed by atoms with Crippen LogP contribution in [0, 0.1) is 0 Å². The molecule has 3 aromatic rings. The topological polar surface area (TPSA) is 50.1 Å². The zero-order valence-electron chi connectivity index (χ0n) is 12.1. The van der Waals surface area contributed by atoms with Gasteiger partial charge in [-0.15, -0.1) is 0 Å². The van der Waals surface area contributed by atoms with Crippen LogP contribution in [0.4, 0.5) is 5.82 Å². The number of aromatic nitrogens is 1. The standard InChI is InChI=1S/C17H14ClN3OS/c18-13-6-9-16(19-10-13)21-17(23)20-11-14-7-8-15(22-14)12-4-2-1-3-5-12/h1-10H,11H2,(H2,19,20,21,23). The molecule has 6 heteroatoms. The number of pyridine rings is 1. The number of anilines is 1. The maximum Gasteiger partial charge on any atom is 0.172 e. The number of furan rings is 1. The number of halogens is 1. The molecular formula is C17H14ClN3OS. The van der Waals surface area contributed by atoms with Gasteiger partial charge in [-0.2, -0.15) is 0 Å². The normalized spacial score (nSPS) is 10.3. The van der Waals surface area contributed by atoms with E-state index in [2.05, 4.69) is 15.6 Å². The molecule has 1 aromatic carbocycles. The Labute approximate surface area is 144 Å². The van der Waals surface area contributed by atoms with Crippen LogP contribution in [0.15, 0.2) is 65.2 Å². The zero-order valence-corrected chi connectivity index (χ0v) is 13.7. The van der Waals surface area contributed by atoms with Crippen LogP contribution in [0.3, 0.4) is 0 Å². The summed E-state index contributed by atoms with van der Waals surface area (Å²) in [6, 6.07) is 17.3. The van der Waals surface area contributed by atoms with Crippen molar-refractivity contribution in [2.45, 2.75) is 6.54 Å². The van der Waals surface area contributed by atoms with Gasteiger partial charge >= 0.3 is 0 Å². The second kappa shape index (κ2) is 7.26. The van der Waals surface area contributed by atoms with Crippen molar-refractivity contribution in [2.75, 3.05) is 5.32 Å². The van der Waals surface area contributed by atoms with Gasteiger partial charge in [-0.1, -0.05) is 41.9 Å². The minimum atomic E-state index is 0.470. The van der Waals surface area contributed by atoms with Crippen molar-refractivity contribution >= 4 is 34.7 Å². The molecule has 2 N–H and O–H groups in total. The van der Waals surface area contributed by atoms with Gasteiger partial charge in [-0.05, 0) is 36.5 Å². The quantitative estimate of drug-likeness (QED) is 0.684. The minimum Gasteiger partial charge on any atom is -0.459 e. The lowest BCUT2D eigenvalue weighted by Gasteiger charge is -2.08. The van der Waals surface area contributed by atoms with Crippen molar-refractivity contribution in [1.29, 1.82) is 0 Å². The Bertz CT molecular complexity index is 787. The lowest BCUT2D eigenvalue weighted by Crippen LogP contribution is -2.28. The molecule has 0 aliphatic rings. The van der Waals surface area contributed by atoms with E-state index in [9.17, 15) is 0 Å². The van der Waals surface area contributed by atoms with E-state index in [1.807, 2.05) is 42.5 Å². The monoisotopic (exact) mass is 343 g/mol. The fraction of sp³-hybridized carbons (Fsp3) is 0.0588. The average molecular weight is 344 g/mol. The third-order valence-electron chi connectivity index (χ3n) is 3.11. The molecule has 0 radical (unpaired) electrons. The number of benzene rings is 1. The molecule has 0 saturated carbocycles. The Morgan fingerprint density at radius 3 is 2.65 bits per heavy atom. The molecule has 2 aromatic heterocycles. The molecule has 4 nitrogen and oxygen atoms in total. The highest BCUT2D eigenvalue weighted by Crippen LogP contribution is 2.21. The first-order valence-electron chi connectivity index (χ1n) is 7.01. The fourth-order valence-corrected chi connectivity index (χ4v) is 2.30. The van der Waals surface area contributed by atoms with Crippen LogP contribution in [0.5, 0.6) is 0 Å². The maximum absolute atomic E-state index is 5.80. The van der Waals surface area contributed by atoms with Crippen molar-refractivity contribution in [2.24, 2.45) is 0 Å². The predicted molar refractivity (Wildman–Crippen MR) is 96.5 cm³/mol. The number of nitrogens with zero attached hydrogens (tertiary/aromatic N) is 1. The molecule has 0 aliphatic heterocycles. The van der Waals surface area contributed by atoms with Crippen molar-refractivity contribution in [1.82, 2.24) is 10.3 Å². The van der Waals surface area contributed by atoms with Crippen LogP contribution >= 0.6 is 23.8 Å². The largest absolute Gasteiger partial charge is 0.459 e. The van der Waals surface area contributed by atoms with Gasteiger partial charge in [0, 0.05) is 11.8 Å². The van der Waals surface area contributed by atoms with Gasteiger partial charge in [0.1, 0.15) is 17.3 Å². The SMILES string of the molecule is S=C(NCc1ccc(-c2ccccc2)o1)Nc1ccc(Cl)cn1. The van der Waals surface area contributed by atoms with Crippen molar-refractivity contribution in [3.05, 3.63) is 71.6 Å². The van der Waals surface area contributed by atoms with Gasteiger partial charge in [0.05, 0.1) is 11.6 Å². The molecule has 3 rings (SSSR count). The number of rotatable bonds is 4. The van der Waals surface area contributed by atoms with Crippen LogP contribution in [-0.2, 0) is 6.54 Å². The Balaban J connectivity index is 1.55. The Hall–Kier alpha value is -2.37. The molecule has 23 heavy (non-hydrogen) atoms. The molecule has 0 saturated heterocycles. The van der Waals surface area contributed by atoms with E-state index in [-0.39, 0.29) is 0 Å². The van der Waals surface area contributed by atoms with Gasteiger partial charge in [0.15, 0.2) is 5.11 Å². The first kappa shape index (κ1) is 15.5. The first-order chi connectivity index (χ1) is 11.2. The zero-order chi connectivity index (χ0) is 16.1. The molecule has 0 fully saturated rings. The number of hydrogen-bond acceptors (Lipinski definition) is 3. The van der Waals surface area contributed by atoms with Crippen molar-refractivity contribution in [3.8, 4) is 11.3 Å². The van der Waals surface area contributed by atoms with Crippen molar-refractivity contribution in [3.63, 3.8) is 0 Å². The summed E-state index contributed by atoms with van der Waals surface area (Å²) in [4.78, 5) is 4.12. The molecule has 0 unspecified atom stereocenters. The van der Waals surface area contributed by atoms with Crippen LogP contribution in [0.2, 0.25) is 5.02 Å². The minimum absolute atomic E-state index is 0.470. The fourth-order valence-electron chi connectivity index (χ4n) is 2.01. The van der Waals surface area contributed by atoms with E-state index in [4.69, 9.17) is 28.2 Å². The van der Waals surface area contributed by atoms with Crippen LogP contribution in [0.1, 0.15) is 5.76 Å². The summed E-state index contributed by atoms with van der Waals surface area (Å²) in [5.41, 5.74) is 1.05. The summed E-state index contributed by atoms with van der Waals surface area (Å²) in [6.45, 7) is 0.492. The molecule has 0 amide bonds. The van der Waals surface area contributed by atoms with E-state index in [0.717, 1.165) is 17.1 Å². The molecule has 0 bridgehead atoms. The van der Waals surface area contributed by atoms with E-state index in [0.29, 0.717) is 22.5 Å². The van der Waals surface area contributed by atoms with Crippen molar-refractivity contribution < 1.29 is 4.42 Å². The van der Waals surface area contributed by atoms with Crippen LogP contribution < -0.4 is 10.6 Å². The van der Waals surface area contributed by atoms with Crippen LogP contribution in [0.25, 0.3) is 11.3 Å². The molecular weight excluding hydrogens is 330 g/mol. The lowest BCUT2D eigenvalue weighted by molar-refractivity contribution is 0.516. The number of hydrogen-bond donors (Lipinski definition) is 2. The summed E-state index contributed by atoms with van der Waals surface area (Å²) in [6.07, 6.45) is 1.56. The maximum atomic E-state index is 5.80. The van der Waals surface area contributed by atoms with E-state index in [1.165, 1.54) is 0 Å². The van der Waals surface area contributed by atoms with E-state index in [1.54, 1.807) is 18.3 Å². The Morgan fingerprint density at radius 1 is 1.09 bits per heavy atom. The van der Waals surface area contributed by atoms with Gasteiger partial charge in [-0.3, -0.25) is 0 Å². The van der Waals surface area contributed by atoms with Crippen LogP contribution in [-0.4, -0.2) is 10.1 Å². The molecule has 0 atom stereocenters. The van der Waals surface area contributed by atoms with E-state index >= 15 is 0 Å². The number of thiocarbonyl (C=S) groups is 1. The molecule has 0 aliphatic carbocycles. The highest BCUT2D eigenvalue weighted by molar-refractivity contribution is 7.80. The highest BCUT2D eigenvalue weighted by Gasteiger charge is 2.05. The Kier molecular flexibility index (Phi) is 4.90.